The summed E-state index contributed by atoms with van der Waals surface area (Å²) in [5.41, 5.74) is 1.80. The number of nitrogens with zero attached hydrogens (tertiary/aromatic N) is 5. The number of rotatable bonds is 5. The van der Waals surface area contributed by atoms with Gasteiger partial charge in [0, 0.05) is 12.6 Å². The SMILES string of the molecule is Cc1ccc(NC(=O)C(Cc2ccc(F)cc2)n2nnnc2C)nc1. The molecule has 2 aromatic heterocycles. The molecule has 2 heterocycles. The molecule has 3 aromatic rings. The molecule has 7 nitrogen and oxygen atoms in total. The molecule has 0 fully saturated rings. The van der Waals surface area contributed by atoms with E-state index in [1.54, 1.807) is 31.3 Å². The zero-order valence-corrected chi connectivity index (χ0v) is 13.8. The number of benzene rings is 1. The molecule has 1 N–H and O–H groups in total. The van der Waals surface area contributed by atoms with Crippen LogP contribution in [0.15, 0.2) is 42.6 Å². The fraction of sp³-hybridized carbons (Fsp3) is 0.235. The number of aromatic nitrogens is 5. The van der Waals surface area contributed by atoms with E-state index in [4.69, 9.17) is 0 Å². The van der Waals surface area contributed by atoms with Gasteiger partial charge in [-0.05, 0) is 53.6 Å². The van der Waals surface area contributed by atoms with E-state index in [0.29, 0.717) is 18.1 Å². The standard InChI is InChI=1S/C17H17FN6O/c1-11-3-8-16(19-10-11)20-17(25)15(24-12(2)21-22-23-24)9-13-4-6-14(18)7-5-13/h3-8,10,15H,9H2,1-2H3,(H,19,20,25). The van der Waals surface area contributed by atoms with Crippen molar-refractivity contribution < 1.29 is 9.18 Å². The molecule has 0 aliphatic carbocycles. The molecular formula is C17H17FN6O. The lowest BCUT2D eigenvalue weighted by Gasteiger charge is -2.17. The Morgan fingerprint density at radius 2 is 1.96 bits per heavy atom. The van der Waals surface area contributed by atoms with Crippen LogP contribution in [0.1, 0.15) is 23.0 Å². The van der Waals surface area contributed by atoms with Crippen molar-refractivity contribution in [2.24, 2.45) is 0 Å². The smallest absolute Gasteiger partial charge is 0.250 e. The second kappa shape index (κ2) is 7.16. The molecule has 1 atom stereocenters. The van der Waals surface area contributed by atoms with E-state index >= 15 is 0 Å². The van der Waals surface area contributed by atoms with Gasteiger partial charge < -0.3 is 5.32 Å². The number of halogens is 1. The summed E-state index contributed by atoms with van der Waals surface area (Å²) in [6.45, 7) is 3.63. The van der Waals surface area contributed by atoms with Gasteiger partial charge in [-0.1, -0.05) is 18.2 Å². The molecule has 25 heavy (non-hydrogen) atoms. The maximum Gasteiger partial charge on any atom is 0.250 e. The van der Waals surface area contributed by atoms with Gasteiger partial charge in [-0.2, -0.15) is 0 Å². The maximum atomic E-state index is 13.1. The van der Waals surface area contributed by atoms with Crippen LogP contribution in [-0.2, 0) is 11.2 Å². The summed E-state index contributed by atoms with van der Waals surface area (Å²) in [6.07, 6.45) is 2.00. The van der Waals surface area contributed by atoms with Crippen molar-refractivity contribution in [2.45, 2.75) is 26.3 Å². The van der Waals surface area contributed by atoms with E-state index in [9.17, 15) is 9.18 Å². The zero-order valence-electron chi connectivity index (χ0n) is 13.8. The molecule has 0 saturated heterocycles. The monoisotopic (exact) mass is 340 g/mol. The number of aryl methyl sites for hydroxylation is 2. The Morgan fingerprint density at radius 1 is 1.20 bits per heavy atom. The first-order valence-corrected chi connectivity index (χ1v) is 7.75. The second-order valence-electron chi connectivity index (χ2n) is 5.73. The van der Waals surface area contributed by atoms with Crippen LogP contribution in [0.3, 0.4) is 0 Å². The van der Waals surface area contributed by atoms with Crippen LogP contribution in [0.4, 0.5) is 10.2 Å². The topological polar surface area (TPSA) is 85.6 Å². The number of carbonyl (C=O) groups excluding carboxylic acids is 1. The van der Waals surface area contributed by atoms with Gasteiger partial charge in [0.15, 0.2) is 0 Å². The average molecular weight is 340 g/mol. The van der Waals surface area contributed by atoms with E-state index in [0.717, 1.165) is 11.1 Å². The van der Waals surface area contributed by atoms with Crippen LogP contribution >= 0.6 is 0 Å². The van der Waals surface area contributed by atoms with Crippen LogP contribution in [0.5, 0.6) is 0 Å². The number of hydrogen-bond acceptors (Lipinski definition) is 5. The van der Waals surface area contributed by atoms with E-state index in [-0.39, 0.29) is 11.7 Å². The number of nitrogens with one attached hydrogen (secondary N) is 1. The van der Waals surface area contributed by atoms with Gasteiger partial charge in [-0.25, -0.2) is 14.1 Å². The maximum absolute atomic E-state index is 13.1. The van der Waals surface area contributed by atoms with Crippen LogP contribution in [0.2, 0.25) is 0 Å². The first-order chi connectivity index (χ1) is 12.0. The molecule has 0 aliphatic heterocycles. The van der Waals surface area contributed by atoms with Crippen molar-refractivity contribution in [2.75, 3.05) is 5.32 Å². The minimum atomic E-state index is -0.677. The summed E-state index contributed by atoms with van der Waals surface area (Å²) < 4.78 is 14.6. The third-order valence-corrected chi connectivity index (χ3v) is 3.76. The van der Waals surface area contributed by atoms with E-state index < -0.39 is 6.04 Å². The molecule has 0 aliphatic rings. The number of pyridine rings is 1. The van der Waals surface area contributed by atoms with Gasteiger partial charge in [0.05, 0.1) is 0 Å². The Labute approximate surface area is 143 Å². The van der Waals surface area contributed by atoms with Crippen molar-refractivity contribution in [3.05, 3.63) is 65.4 Å². The largest absolute Gasteiger partial charge is 0.309 e. The van der Waals surface area contributed by atoms with E-state index in [1.165, 1.54) is 16.8 Å². The highest BCUT2D eigenvalue weighted by Gasteiger charge is 2.24. The lowest BCUT2D eigenvalue weighted by molar-refractivity contribution is -0.119. The average Bonchev–Trinajstić information content (AvgIpc) is 3.02. The Bertz CT molecular complexity index is 860. The normalized spacial score (nSPS) is 12.0. The Balaban J connectivity index is 1.85. The zero-order chi connectivity index (χ0) is 17.8. The number of tetrazole rings is 1. The van der Waals surface area contributed by atoms with Gasteiger partial charge in [0.2, 0.25) is 0 Å². The van der Waals surface area contributed by atoms with Crippen molar-refractivity contribution in [1.82, 2.24) is 25.2 Å². The Hall–Kier alpha value is -3.16. The van der Waals surface area contributed by atoms with Gasteiger partial charge in [0.25, 0.3) is 5.91 Å². The van der Waals surface area contributed by atoms with E-state index in [1.807, 2.05) is 13.0 Å². The quantitative estimate of drug-likeness (QED) is 0.770. The molecule has 128 valence electrons. The molecule has 8 heteroatoms. The molecule has 0 saturated carbocycles. The Kier molecular flexibility index (Phi) is 4.78. The van der Waals surface area contributed by atoms with Crippen molar-refractivity contribution in [3.8, 4) is 0 Å². The van der Waals surface area contributed by atoms with Crippen LogP contribution in [0.25, 0.3) is 0 Å². The van der Waals surface area contributed by atoms with Crippen molar-refractivity contribution >= 4 is 11.7 Å². The van der Waals surface area contributed by atoms with Crippen molar-refractivity contribution in [1.29, 1.82) is 0 Å². The summed E-state index contributed by atoms with van der Waals surface area (Å²) in [6, 6.07) is 8.91. The summed E-state index contributed by atoms with van der Waals surface area (Å²) in [7, 11) is 0. The highest BCUT2D eigenvalue weighted by atomic mass is 19.1. The third kappa shape index (κ3) is 4.03. The van der Waals surface area contributed by atoms with Crippen LogP contribution in [-0.4, -0.2) is 31.1 Å². The fourth-order valence-electron chi connectivity index (χ4n) is 2.41. The van der Waals surface area contributed by atoms with Gasteiger partial charge in [-0.15, -0.1) is 5.10 Å². The number of hydrogen-bond donors (Lipinski definition) is 1. The first-order valence-electron chi connectivity index (χ1n) is 7.75. The van der Waals surface area contributed by atoms with Gasteiger partial charge in [-0.3, -0.25) is 4.79 Å². The predicted octanol–water partition coefficient (Wildman–Crippen LogP) is 2.25. The molecule has 3 rings (SSSR count). The molecule has 0 spiro atoms. The van der Waals surface area contributed by atoms with E-state index in [2.05, 4.69) is 25.8 Å². The highest BCUT2D eigenvalue weighted by molar-refractivity contribution is 5.93. The highest BCUT2D eigenvalue weighted by Crippen LogP contribution is 2.17. The molecule has 1 aromatic carbocycles. The van der Waals surface area contributed by atoms with Crippen molar-refractivity contribution in [3.63, 3.8) is 0 Å². The number of carbonyl (C=O) groups is 1. The number of amides is 1. The third-order valence-electron chi connectivity index (χ3n) is 3.76. The van der Waals surface area contributed by atoms with Gasteiger partial charge in [0.1, 0.15) is 23.5 Å². The summed E-state index contributed by atoms with van der Waals surface area (Å²) in [5.74, 6) is 0.341. The molecule has 1 amide bonds. The van der Waals surface area contributed by atoms with Crippen LogP contribution in [0, 0.1) is 19.7 Å². The molecule has 0 radical (unpaired) electrons. The summed E-state index contributed by atoms with van der Waals surface area (Å²) in [4.78, 5) is 17.0. The minimum absolute atomic E-state index is 0.295. The lowest BCUT2D eigenvalue weighted by Crippen LogP contribution is -2.29. The summed E-state index contributed by atoms with van der Waals surface area (Å²) >= 11 is 0. The number of anilines is 1. The lowest BCUT2D eigenvalue weighted by atomic mass is 10.1. The minimum Gasteiger partial charge on any atom is -0.309 e. The first kappa shape index (κ1) is 16.7. The second-order valence-corrected chi connectivity index (χ2v) is 5.73. The van der Waals surface area contributed by atoms with Crippen LogP contribution < -0.4 is 5.32 Å². The molecule has 1 unspecified atom stereocenters. The molecular weight excluding hydrogens is 323 g/mol. The molecule has 0 bridgehead atoms. The predicted molar refractivity (Wildman–Crippen MR) is 89.3 cm³/mol. The Morgan fingerprint density at radius 3 is 2.56 bits per heavy atom. The summed E-state index contributed by atoms with van der Waals surface area (Å²) in [5, 5.41) is 14.1. The fourth-order valence-corrected chi connectivity index (χ4v) is 2.41. The van der Waals surface area contributed by atoms with Gasteiger partial charge >= 0.3 is 0 Å².